The smallest absolute Gasteiger partial charge is 0.306 e. The quantitative estimate of drug-likeness (QED) is 0.605. The van der Waals surface area contributed by atoms with Gasteiger partial charge in [0.25, 0.3) is 0 Å². The molecule has 3 saturated carbocycles. The molecule has 5 aliphatic rings. The molecule has 0 N–H and O–H groups in total. The van der Waals surface area contributed by atoms with Crippen LogP contribution in [0.25, 0.3) is 0 Å². The van der Waals surface area contributed by atoms with Crippen molar-refractivity contribution in [1.82, 2.24) is 0 Å². The molecule has 4 aliphatic carbocycles. The lowest BCUT2D eigenvalue weighted by Crippen LogP contribution is -2.54. The lowest BCUT2D eigenvalue weighted by atomic mass is 9.46. The zero-order chi connectivity index (χ0) is 17.4. The number of carbonyl (C=O) groups excluding carboxylic acids is 2. The third-order valence-corrected chi connectivity index (χ3v) is 9.29. The second-order valence-corrected chi connectivity index (χ2v) is 9.93. The molecule has 0 radical (unpaired) electrons. The number of ketones is 1. The number of hydrogen-bond donors (Lipinski definition) is 0. The highest BCUT2D eigenvalue weighted by molar-refractivity contribution is 5.91. The van der Waals surface area contributed by atoms with Crippen molar-refractivity contribution in [3.8, 4) is 0 Å². The summed E-state index contributed by atoms with van der Waals surface area (Å²) in [4.78, 5) is 23.8. The molecule has 3 nitrogen and oxygen atoms in total. The summed E-state index contributed by atoms with van der Waals surface area (Å²) in [7, 11) is 0. The van der Waals surface area contributed by atoms with Gasteiger partial charge in [0.15, 0.2) is 5.78 Å². The minimum atomic E-state index is -0.167. The second kappa shape index (κ2) is 4.98. The maximum absolute atomic E-state index is 11.9. The summed E-state index contributed by atoms with van der Waals surface area (Å²) in [6, 6.07) is 0. The van der Waals surface area contributed by atoms with Crippen molar-refractivity contribution >= 4 is 11.8 Å². The number of esters is 1. The Bertz CT molecular complexity index is 679. The lowest BCUT2D eigenvalue weighted by Gasteiger charge is -2.59. The van der Waals surface area contributed by atoms with Gasteiger partial charge in [-0.1, -0.05) is 19.4 Å². The first-order valence-electron chi connectivity index (χ1n) is 10.3. The summed E-state index contributed by atoms with van der Waals surface area (Å²) in [5, 5.41) is 0. The molecule has 3 heteroatoms. The van der Waals surface area contributed by atoms with Gasteiger partial charge in [0, 0.05) is 18.3 Å². The molecule has 1 heterocycles. The molecule has 0 aromatic carbocycles. The maximum Gasteiger partial charge on any atom is 0.306 e. The van der Waals surface area contributed by atoms with Crippen LogP contribution in [0.4, 0.5) is 0 Å². The molecule has 0 unspecified atom stereocenters. The zero-order valence-electron chi connectivity index (χ0n) is 15.6. The number of hydrogen-bond acceptors (Lipinski definition) is 3. The Labute approximate surface area is 150 Å². The molecular weight excluding hydrogens is 312 g/mol. The second-order valence-electron chi connectivity index (χ2n) is 9.93. The van der Waals surface area contributed by atoms with Gasteiger partial charge >= 0.3 is 5.97 Å². The summed E-state index contributed by atoms with van der Waals surface area (Å²) in [5.41, 5.74) is 1.68. The summed E-state index contributed by atoms with van der Waals surface area (Å²) in [6.45, 7) is 4.86. The van der Waals surface area contributed by atoms with Crippen molar-refractivity contribution in [1.29, 1.82) is 0 Å². The van der Waals surface area contributed by atoms with Crippen LogP contribution in [0.15, 0.2) is 11.6 Å². The van der Waals surface area contributed by atoms with E-state index in [1.807, 2.05) is 6.08 Å². The fourth-order valence-corrected chi connectivity index (χ4v) is 7.85. The molecule has 1 saturated heterocycles. The third kappa shape index (κ3) is 1.93. The van der Waals surface area contributed by atoms with Gasteiger partial charge in [0.1, 0.15) is 5.60 Å². The van der Waals surface area contributed by atoms with Crippen LogP contribution in [0.3, 0.4) is 0 Å². The average Bonchev–Trinajstić information content (AvgIpc) is 3.10. The Morgan fingerprint density at radius 1 is 0.920 bits per heavy atom. The van der Waals surface area contributed by atoms with Gasteiger partial charge in [0.05, 0.1) is 0 Å². The summed E-state index contributed by atoms with van der Waals surface area (Å²) in [5.74, 6) is 2.51. The standard InChI is InChI=1S/C22H30O3/c1-20-9-5-15(23)13-14(20)3-4-16-17(20)6-10-21(2)18(16)7-11-22(21)12-8-19(24)25-22/h13,16-18H,3-12H2,1-2H3/t16-,17-,18-,20+,21+,22-/m1/s1. The summed E-state index contributed by atoms with van der Waals surface area (Å²) in [6.07, 6.45) is 12.3. The van der Waals surface area contributed by atoms with Crippen molar-refractivity contribution in [2.24, 2.45) is 28.6 Å². The number of allylic oxidation sites excluding steroid dienone is 1. The van der Waals surface area contributed by atoms with E-state index < -0.39 is 0 Å². The van der Waals surface area contributed by atoms with Crippen molar-refractivity contribution in [3.05, 3.63) is 11.6 Å². The van der Waals surface area contributed by atoms with Crippen LogP contribution in [0.2, 0.25) is 0 Å². The molecule has 0 bridgehead atoms. The highest BCUT2D eigenvalue weighted by Gasteiger charge is 2.66. The molecule has 0 aromatic heterocycles. The minimum Gasteiger partial charge on any atom is -0.458 e. The fourth-order valence-electron chi connectivity index (χ4n) is 7.85. The van der Waals surface area contributed by atoms with Crippen molar-refractivity contribution < 1.29 is 14.3 Å². The molecule has 1 spiro atoms. The molecule has 4 fully saturated rings. The van der Waals surface area contributed by atoms with Crippen molar-refractivity contribution in [2.75, 3.05) is 0 Å². The van der Waals surface area contributed by atoms with E-state index in [1.54, 1.807) is 0 Å². The van der Waals surface area contributed by atoms with E-state index in [0.29, 0.717) is 24.0 Å². The number of ether oxygens (including phenoxy) is 1. The van der Waals surface area contributed by atoms with Gasteiger partial charge in [-0.15, -0.1) is 0 Å². The molecule has 136 valence electrons. The minimum absolute atomic E-state index is 0.0237. The predicted molar refractivity (Wildman–Crippen MR) is 94.8 cm³/mol. The van der Waals surface area contributed by atoms with E-state index in [1.165, 1.54) is 31.3 Å². The van der Waals surface area contributed by atoms with Gasteiger partial charge < -0.3 is 4.74 Å². The van der Waals surface area contributed by atoms with E-state index >= 15 is 0 Å². The van der Waals surface area contributed by atoms with Crippen LogP contribution in [-0.2, 0) is 14.3 Å². The molecule has 0 aromatic rings. The molecule has 0 amide bonds. The van der Waals surface area contributed by atoms with E-state index in [-0.39, 0.29) is 22.4 Å². The lowest BCUT2D eigenvalue weighted by molar-refractivity contribution is -0.168. The van der Waals surface area contributed by atoms with E-state index in [2.05, 4.69) is 13.8 Å². The van der Waals surface area contributed by atoms with Crippen LogP contribution in [-0.4, -0.2) is 17.4 Å². The third-order valence-electron chi connectivity index (χ3n) is 9.29. The van der Waals surface area contributed by atoms with Gasteiger partial charge in [-0.05, 0) is 80.6 Å². The first-order chi connectivity index (χ1) is 11.9. The molecule has 5 rings (SSSR count). The van der Waals surface area contributed by atoms with Crippen LogP contribution in [0, 0.1) is 28.6 Å². The first-order valence-corrected chi connectivity index (χ1v) is 10.3. The molecule has 25 heavy (non-hydrogen) atoms. The maximum atomic E-state index is 11.9. The molecular formula is C22H30O3. The summed E-state index contributed by atoms with van der Waals surface area (Å²) < 4.78 is 6.01. The number of fused-ring (bicyclic) bond motifs is 6. The van der Waals surface area contributed by atoms with E-state index in [9.17, 15) is 9.59 Å². The zero-order valence-corrected chi connectivity index (χ0v) is 15.6. The highest BCUT2D eigenvalue weighted by Crippen LogP contribution is 2.69. The number of carbonyl (C=O) groups is 2. The fraction of sp³-hybridized carbons (Fsp3) is 0.818. The highest BCUT2D eigenvalue weighted by atomic mass is 16.6. The van der Waals surface area contributed by atoms with Crippen LogP contribution < -0.4 is 0 Å². The van der Waals surface area contributed by atoms with Crippen LogP contribution in [0.1, 0.15) is 78.1 Å². The van der Waals surface area contributed by atoms with Crippen molar-refractivity contribution in [3.63, 3.8) is 0 Å². The Morgan fingerprint density at radius 2 is 1.72 bits per heavy atom. The van der Waals surface area contributed by atoms with Gasteiger partial charge in [-0.25, -0.2) is 0 Å². The SMILES string of the molecule is C[C@]12CCC(=O)C=C1CC[C@@H]1[C@H]2CC[C@@]2(C)[C@@H]1CC[C@@]21CCC(=O)O1. The van der Waals surface area contributed by atoms with Gasteiger partial charge in [-0.3, -0.25) is 9.59 Å². The summed E-state index contributed by atoms with van der Waals surface area (Å²) >= 11 is 0. The predicted octanol–water partition coefficient (Wildman–Crippen LogP) is 4.59. The monoisotopic (exact) mass is 342 g/mol. The Kier molecular flexibility index (Phi) is 3.21. The Balaban J connectivity index is 1.49. The van der Waals surface area contributed by atoms with Crippen LogP contribution in [0.5, 0.6) is 0 Å². The molecule has 1 aliphatic heterocycles. The first kappa shape index (κ1) is 16.1. The Morgan fingerprint density at radius 3 is 2.48 bits per heavy atom. The number of rotatable bonds is 0. The Hall–Kier alpha value is -1.12. The topological polar surface area (TPSA) is 43.4 Å². The normalized spacial score (nSPS) is 51.6. The van der Waals surface area contributed by atoms with E-state index in [0.717, 1.165) is 38.0 Å². The van der Waals surface area contributed by atoms with Crippen LogP contribution >= 0.6 is 0 Å². The largest absolute Gasteiger partial charge is 0.458 e. The van der Waals surface area contributed by atoms with Gasteiger partial charge in [-0.2, -0.15) is 0 Å². The van der Waals surface area contributed by atoms with Crippen molar-refractivity contribution in [2.45, 2.75) is 83.7 Å². The van der Waals surface area contributed by atoms with Gasteiger partial charge in [0.2, 0.25) is 0 Å². The molecule has 6 atom stereocenters. The average molecular weight is 342 g/mol. The van der Waals surface area contributed by atoms with E-state index in [4.69, 9.17) is 4.74 Å².